The van der Waals surface area contributed by atoms with E-state index in [0.717, 1.165) is 20.9 Å². The maximum Gasteiger partial charge on any atom is 0.253 e. The van der Waals surface area contributed by atoms with Crippen LogP contribution in [0.1, 0.15) is 10.4 Å². The normalized spacial score (nSPS) is 15.0. The van der Waals surface area contributed by atoms with E-state index in [4.69, 9.17) is 11.6 Å². The van der Waals surface area contributed by atoms with E-state index >= 15 is 0 Å². The highest BCUT2D eigenvalue weighted by Gasteiger charge is 2.24. The van der Waals surface area contributed by atoms with Gasteiger partial charge in [0.2, 0.25) is 10.0 Å². The molecule has 1 aliphatic heterocycles. The summed E-state index contributed by atoms with van der Waals surface area (Å²) >= 11 is 6.09. The van der Waals surface area contributed by atoms with Gasteiger partial charge in [-0.25, -0.2) is 12.7 Å². The molecule has 1 amide bonds. The summed E-state index contributed by atoms with van der Waals surface area (Å²) < 4.78 is 25.6. The number of amides is 1. The molecule has 0 spiro atoms. The Kier molecular flexibility index (Phi) is 5.88. The van der Waals surface area contributed by atoms with Gasteiger partial charge in [0.1, 0.15) is 0 Å². The molecule has 2 heterocycles. The van der Waals surface area contributed by atoms with Gasteiger partial charge in [0.15, 0.2) is 0 Å². The van der Waals surface area contributed by atoms with Crippen LogP contribution in [0, 0.1) is 0 Å². The van der Waals surface area contributed by atoms with E-state index in [9.17, 15) is 13.2 Å². The van der Waals surface area contributed by atoms with Crippen LogP contribution in [0.5, 0.6) is 0 Å². The summed E-state index contributed by atoms with van der Waals surface area (Å²) in [6.07, 6.45) is 1.77. The molecule has 1 aromatic heterocycles. The van der Waals surface area contributed by atoms with Crippen LogP contribution in [0.2, 0.25) is 5.02 Å². The first-order valence-corrected chi connectivity index (χ1v) is 11.7. The molecular weight excluding hydrogens is 436 g/mol. The second kappa shape index (κ2) is 8.45. The minimum absolute atomic E-state index is 0.0974. The number of piperazine rings is 1. The monoisotopic (exact) mass is 458 g/mol. The van der Waals surface area contributed by atoms with Crippen molar-refractivity contribution in [3.63, 3.8) is 0 Å². The predicted octanol–water partition coefficient (Wildman–Crippen LogP) is 3.10. The maximum absolute atomic E-state index is 12.9. The number of carbonyl (C=O) groups is 1. The largest absolute Gasteiger partial charge is 0.367 e. The molecule has 3 aromatic rings. The first-order valence-electron chi connectivity index (χ1n) is 9.88. The number of nitrogens with zero attached hydrogens (tertiary/aromatic N) is 4. The van der Waals surface area contributed by atoms with E-state index in [1.54, 1.807) is 23.2 Å². The van der Waals surface area contributed by atoms with E-state index in [2.05, 4.69) is 9.88 Å². The van der Waals surface area contributed by atoms with Crippen LogP contribution >= 0.6 is 11.6 Å². The number of anilines is 1. The van der Waals surface area contributed by atoms with Gasteiger partial charge in [-0.1, -0.05) is 11.6 Å². The van der Waals surface area contributed by atoms with Crippen molar-refractivity contribution in [2.24, 2.45) is 0 Å². The van der Waals surface area contributed by atoms with Gasteiger partial charge < -0.3 is 9.80 Å². The molecule has 0 bridgehead atoms. The molecule has 4 rings (SSSR count). The van der Waals surface area contributed by atoms with Gasteiger partial charge in [-0.15, -0.1) is 0 Å². The Bertz CT molecular complexity index is 1220. The van der Waals surface area contributed by atoms with Gasteiger partial charge in [-0.3, -0.25) is 9.78 Å². The van der Waals surface area contributed by atoms with E-state index in [1.165, 1.54) is 26.2 Å². The van der Waals surface area contributed by atoms with Gasteiger partial charge in [0.05, 0.1) is 10.4 Å². The lowest BCUT2D eigenvalue weighted by atomic mass is 10.1. The van der Waals surface area contributed by atoms with Crippen LogP contribution in [0.4, 0.5) is 5.69 Å². The molecule has 1 saturated heterocycles. The lowest BCUT2D eigenvalue weighted by Gasteiger charge is -2.36. The SMILES string of the molecule is CN(C)S(=O)(=O)c1ccc(C(=O)N2CCN(c3ccnc4cc(Cl)ccc34)CC2)cc1. The summed E-state index contributed by atoms with van der Waals surface area (Å²) in [6, 6.07) is 13.8. The second-order valence-corrected chi connectivity index (χ2v) is 10.2. The van der Waals surface area contributed by atoms with E-state index < -0.39 is 10.0 Å². The fourth-order valence-electron chi connectivity index (χ4n) is 3.70. The van der Waals surface area contributed by atoms with Crippen LogP contribution in [0.15, 0.2) is 59.6 Å². The van der Waals surface area contributed by atoms with Crippen molar-refractivity contribution >= 4 is 44.1 Å². The third kappa shape index (κ3) is 4.23. The summed E-state index contributed by atoms with van der Waals surface area (Å²) in [5, 5.41) is 1.68. The van der Waals surface area contributed by atoms with Gasteiger partial charge in [-0.05, 0) is 48.5 Å². The van der Waals surface area contributed by atoms with Gasteiger partial charge in [0.25, 0.3) is 5.91 Å². The lowest BCUT2D eigenvalue weighted by Crippen LogP contribution is -2.48. The Labute approximate surface area is 186 Å². The van der Waals surface area contributed by atoms with Crippen molar-refractivity contribution in [3.05, 3.63) is 65.3 Å². The predicted molar refractivity (Wildman–Crippen MR) is 122 cm³/mol. The average Bonchev–Trinajstić information content (AvgIpc) is 2.78. The molecular formula is C22H23ClN4O3S. The maximum atomic E-state index is 12.9. The quantitative estimate of drug-likeness (QED) is 0.600. The van der Waals surface area contributed by atoms with Crippen molar-refractivity contribution in [2.75, 3.05) is 45.2 Å². The van der Waals surface area contributed by atoms with Crippen LogP contribution in [-0.2, 0) is 10.0 Å². The second-order valence-electron chi connectivity index (χ2n) is 7.58. The minimum Gasteiger partial charge on any atom is -0.367 e. The molecule has 0 aliphatic carbocycles. The highest BCUT2D eigenvalue weighted by atomic mass is 35.5. The molecule has 0 atom stereocenters. The third-order valence-corrected chi connectivity index (χ3v) is 7.53. The van der Waals surface area contributed by atoms with Gasteiger partial charge >= 0.3 is 0 Å². The van der Waals surface area contributed by atoms with Crippen molar-refractivity contribution in [3.8, 4) is 0 Å². The number of carbonyl (C=O) groups excluding carboxylic acids is 1. The van der Waals surface area contributed by atoms with Crippen LogP contribution in [-0.4, -0.2) is 68.8 Å². The Morgan fingerprint density at radius 2 is 1.68 bits per heavy atom. The number of halogens is 1. The van der Waals surface area contributed by atoms with Crippen molar-refractivity contribution in [2.45, 2.75) is 4.90 Å². The molecule has 7 nitrogen and oxygen atoms in total. The van der Waals surface area contributed by atoms with Gasteiger partial charge in [-0.2, -0.15) is 0 Å². The smallest absolute Gasteiger partial charge is 0.253 e. The van der Waals surface area contributed by atoms with Gasteiger partial charge in [0, 0.05) is 68.1 Å². The molecule has 0 radical (unpaired) electrons. The number of hydrogen-bond donors (Lipinski definition) is 0. The number of benzene rings is 2. The summed E-state index contributed by atoms with van der Waals surface area (Å²) in [6.45, 7) is 2.54. The minimum atomic E-state index is -3.51. The number of sulfonamides is 1. The summed E-state index contributed by atoms with van der Waals surface area (Å²) in [5.74, 6) is -0.0974. The zero-order chi connectivity index (χ0) is 22.2. The average molecular weight is 459 g/mol. The fourth-order valence-corrected chi connectivity index (χ4v) is 4.76. The molecule has 0 saturated carbocycles. The number of aromatic nitrogens is 1. The molecule has 2 aromatic carbocycles. The lowest BCUT2D eigenvalue weighted by molar-refractivity contribution is 0.0747. The third-order valence-electron chi connectivity index (χ3n) is 5.47. The molecule has 162 valence electrons. The molecule has 9 heteroatoms. The molecule has 31 heavy (non-hydrogen) atoms. The Balaban J connectivity index is 1.46. The van der Waals surface area contributed by atoms with Crippen LogP contribution < -0.4 is 4.90 Å². The zero-order valence-corrected chi connectivity index (χ0v) is 18.9. The van der Waals surface area contributed by atoms with Crippen molar-refractivity contribution in [1.82, 2.24) is 14.2 Å². The molecule has 1 fully saturated rings. The Hall–Kier alpha value is -2.68. The Morgan fingerprint density at radius 3 is 2.32 bits per heavy atom. The van der Waals surface area contributed by atoms with E-state index in [1.807, 2.05) is 24.3 Å². The first kappa shape index (κ1) is 21.5. The number of fused-ring (bicyclic) bond motifs is 1. The van der Waals surface area contributed by atoms with Crippen molar-refractivity contribution < 1.29 is 13.2 Å². The summed E-state index contributed by atoms with van der Waals surface area (Å²) in [7, 11) is -0.553. The highest BCUT2D eigenvalue weighted by molar-refractivity contribution is 7.89. The number of pyridine rings is 1. The standard InChI is InChI=1S/C22H23ClN4O3S/c1-25(2)31(29,30)18-6-3-16(4-7-18)22(28)27-13-11-26(12-14-27)21-9-10-24-20-15-17(23)5-8-19(20)21/h3-10,15H,11-14H2,1-2H3. The summed E-state index contributed by atoms with van der Waals surface area (Å²) in [5.41, 5.74) is 2.40. The highest BCUT2D eigenvalue weighted by Crippen LogP contribution is 2.28. The van der Waals surface area contributed by atoms with E-state index in [0.29, 0.717) is 36.8 Å². The Morgan fingerprint density at radius 1 is 1.00 bits per heavy atom. The fraction of sp³-hybridized carbons (Fsp3) is 0.273. The zero-order valence-electron chi connectivity index (χ0n) is 17.3. The number of rotatable bonds is 4. The topological polar surface area (TPSA) is 73.8 Å². The molecule has 0 N–H and O–H groups in total. The molecule has 1 aliphatic rings. The van der Waals surface area contributed by atoms with Crippen LogP contribution in [0.25, 0.3) is 10.9 Å². The number of hydrogen-bond acceptors (Lipinski definition) is 5. The molecule has 0 unspecified atom stereocenters. The first-order chi connectivity index (χ1) is 14.8. The van der Waals surface area contributed by atoms with Crippen molar-refractivity contribution in [1.29, 1.82) is 0 Å². The van der Waals surface area contributed by atoms with E-state index in [-0.39, 0.29) is 10.8 Å². The summed E-state index contributed by atoms with van der Waals surface area (Å²) in [4.78, 5) is 21.5. The van der Waals surface area contributed by atoms with Crippen LogP contribution in [0.3, 0.4) is 0 Å².